The summed E-state index contributed by atoms with van der Waals surface area (Å²) >= 11 is 14.3. The smallest absolute Gasteiger partial charge is 0.410 e. The Hall–Kier alpha value is -5.64. The standard InChI is InChI=1S/C43H43Cl2F2N7O6/c1-42(2,3)60-41(58)53(23-27-13-15-35(55)49-27)22-25-12-14-32(50-38(25)59-5)31-11-7-10-30(37(31)45)29-9-6-8-28(36(29)44)24-16-17-54-33(18-24)48-20-26(39(54)56)21-52(4)34-19-43(46,47)40(57)51-34/h6-12,14,16-18,20,27,34H,13,15,19,21-23H2,1-5H3,(H,49,55)(H,51,57)/t27-,34?/m0/s1. The second-order valence-electron chi connectivity index (χ2n) is 15.9. The van der Waals surface area contributed by atoms with Gasteiger partial charge in [0.2, 0.25) is 11.8 Å². The fourth-order valence-corrected chi connectivity index (χ4v) is 7.97. The van der Waals surface area contributed by atoms with Gasteiger partial charge in [-0.2, -0.15) is 8.78 Å². The highest BCUT2D eigenvalue weighted by atomic mass is 35.5. The molecule has 13 nitrogen and oxygen atoms in total. The van der Waals surface area contributed by atoms with Crippen molar-refractivity contribution in [3.63, 3.8) is 0 Å². The lowest BCUT2D eigenvalue weighted by Gasteiger charge is -2.29. The van der Waals surface area contributed by atoms with Gasteiger partial charge in [0.25, 0.3) is 11.5 Å². The minimum absolute atomic E-state index is 0.00719. The average Bonchev–Trinajstić information content (AvgIpc) is 3.74. The van der Waals surface area contributed by atoms with E-state index in [0.29, 0.717) is 67.6 Å². The number of pyridine rings is 2. The number of rotatable bonds is 11. The van der Waals surface area contributed by atoms with Crippen LogP contribution in [0.3, 0.4) is 0 Å². The number of ether oxygens (including phenoxy) is 2. The van der Waals surface area contributed by atoms with Crippen LogP contribution in [0.25, 0.3) is 39.2 Å². The minimum atomic E-state index is -3.47. The Morgan fingerprint density at radius 1 is 0.950 bits per heavy atom. The number of fused-ring (bicyclic) bond motifs is 1. The highest BCUT2D eigenvalue weighted by Gasteiger charge is 2.49. The van der Waals surface area contributed by atoms with E-state index in [1.807, 2.05) is 42.5 Å². The van der Waals surface area contributed by atoms with E-state index in [1.165, 1.54) is 27.5 Å². The van der Waals surface area contributed by atoms with Crippen LogP contribution < -0.4 is 20.9 Å². The van der Waals surface area contributed by atoms with Crippen LogP contribution >= 0.6 is 23.2 Å². The lowest BCUT2D eigenvalue weighted by molar-refractivity contribution is -0.139. The molecule has 0 saturated carbocycles. The predicted molar refractivity (Wildman–Crippen MR) is 223 cm³/mol. The van der Waals surface area contributed by atoms with Gasteiger partial charge in [-0.05, 0) is 64.1 Å². The van der Waals surface area contributed by atoms with Gasteiger partial charge in [-0.15, -0.1) is 0 Å². The van der Waals surface area contributed by atoms with Crippen molar-refractivity contribution < 1.29 is 32.6 Å². The second kappa shape index (κ2) is 16.8. The fraction of sp³-hybridized carbons (Fsp3) is 0.349. The molecular formula is C43H43Cl2F2N7O6. The maximum atomic E-state index is 13.8. The van der Waals surface area contributed by atoms with Crippen LogP contribution in [0.4, 0.5) is 13.6 Å². The zero-order chi connectivity index (χ0) is 43.1. The fourth-order valence-electron chi connectivity index (χ4n) is 7.31. The number of methoxy groups -OCH3 is 1. The normalized spacial score (nSPS) is 17.5. The van der Waals surface area contributed by atoms with Crippen LogP contribution in [0.5, 0.6) is 5.88 Å². The van der Waals surface area contributed by atoms with Crippen LogP contribution in [0.1, 0.15) is 51.2 Å². The van der Waals surface area contributed by atoms with Gasteiger partial charge in [0.05, 0.1) is 47.5 Å². The first-order valence-electron chi connectivity index (χ1n) is 19.2. The second-order valence-corrected chi connectivity index (χ2v) is 16.7. The van der Waals surface area contributed by atoms with Gasteiger partial charge in [0.1, 0.15) is 11.2 Å². The Morgan fingerprint density at radius 2 is 1.63 bits per heavy atom. The summed E-state index contributed by atoms with van der Waals surface area (Å²) < 4.78 is 40.4. The van der Waals surface area contributed by atoms with Crippen molar-refractivity contribution in [1.82, 2.24) is 34.8 Å². The van der Waals surface area contributed by atoms with E-state index in [4.69, 9.17) is 37.7 Å². The third kappa shape index (κ3) is 8.93. The van der Waals surface area contributed by atoms with Gasteiger partial charge in [-0.3, -0.25) is 23.7 Å². The third-order valence-electron chi connectivity index (χ3n) is 10.4. The summed E-state index contributed by atoms with van der Waals surface area (Å²) in [7, 11) is 3.05. The van der Waals surface area contributed by atoms with E-state index in [2.05, 4.69) is 15.6 Å². The maximum absolute atomic E-state index is 13.8. The molecule has 2 N–H and O–H groups in total. The molecule has 17 heteroatoms. The number of amides is 3. The number of alkyl halides is 2. The van der Waals surface area contributed by atoms with E-state index in [-0.39, 0.29) is 48.6 Å². The van der Waals surface area contributed by atoms with Crippen molar-refractivity contribution >= 4 is 46.8 Å². The molecular weight excluding hydrogens is 819 g/mol. The molecule has 0 bridgehead atoms. The lowest BCUT2D eigenvalue weighted by atomic mass is 9.97. The molecule has 5 aromatic rings. The molecule has 3 aromatic heterocycles. The molecule has 3 amide bonds. The summed E-state index contributed by atoms with van der Waals surface area (Å²) in [6.45, 7) is 5.74. The number of hydrogen-bond acceptors (Lipinski definition) is 9. The van der Waals surface area contributed by atoms with Gasteiger partial charge in [0, 0.05) is 65.8 Å². The average molecular weight is 863 g/mol. The number of benzene rings is 2. The van der Waals surface area contributed by atoms with Gasteiger partial charge >= 0.3 is 12.0 Å². The summed E-state index contributed by atoms with van der Waals surface area (Å²) in [4.78, 5) is 62.6. The van der Waals surface area contributed by atoms with Crippen molar-refractivity contribution in [3.8, 4) is 39.4 Å². The van der Waals surface area contributed by atoms with Crippen LogP contribution in [0.15, 0.2) is 77.9 Å². The van der Waals surface area contributed by atoms with Gasteiger partial charge in [-0.1, -0.05) is 59.6 Å². The molecule has 7 rings (SSSR count). The van der Waals surface area contributed by atoms with Crippen molar-refractivity contribution in [2.24, 2.45) is 0 Å². The van der Waals surface area contributed by atoms with E-state index >= 15 is 0 Å². The zero-order valence-electron chi connectivity index (χ0n) is 33.5. The summed E-state index contributed by atoms with van der Waals surface area (Å²) in [6.07, 6.45) is 1.84. The molecule has 0 radical (unpaired) electrons. The van der Waals surface area contributed by atoms with Crippen LogP contribution in [0, 0.1) is 0 Å². The van der Waals surface area contributed by atoms with Crippen LogP contribution in [-0.4, -0.2) is 86.5 Å². The quantitative estimate of drug-likeness (QED) is 0.139. The number of aromatic nitrogens is 3. The molecule has 2 aliphatic heterocycles. The SMILES string of the molecule is COc1nc(-c2cccc(-c3cccc(-c4ccn5c(=O)c(CN(C)C6CC(F)(F)C(=O)N6)cnc5c4)c3Cl)c2Cl)ccc1CN(C[C@@H]1CCC(=O)N1)C(=O)OC(C)(C)C. The van der Waals surface area contributed by atoms with E-state index in [1.54, 1.807) is 52.2 Å². The van der Waals surface area contributed by atoms with Gasteiger partial charge < -0.3 is 25.0 Å². The van der Waals surface area contributed by atoms with Gasteiger partial charge in [-0.25, -0.2) is 14.8 Å². The molecule has 1 unspecified atom stereocenters. The number of nitrogens with one attached hydrogen (secondary N) is 2. The molecule has 2 aromatic carbocycles. The largest absolute Gasteiger partial charge is 0.481 e. The lowest BCUT2D eigenvalue weighted by Crippen LogP contribution is -2.43. The maximum Gasteiger partial charge on any atom is 0.410 e. The van der Waals surface area contributed by atoms with Gasteiger partial charge in [0.15, 0.2) is 0 Å². The van der Waals surface area contributed by atoms with E-state index in [9.17, 15) is 28.0 Å². The predicted octanol–water partition coefficient (Wildman–Crippen LogP) is 7.33. The molecule has 0 aliphatic carbocycles. The highest BCUT2D eigenvalue weighted by Crippen LogP contribution is 2.42. The molecule has 5 heterocycles. The molecule has 2 saturated heterocycles. The number of nitrogens with zero attached hydrogens (tertiary/aromatic N) is 5. The van der Waals surface area contributed by atoms with Crippen molar-refractivity contribution in [2.75, 3.05) is 20.7 Å². The molecule has 2 fully saturated rings. The Kier molecular flexibility index (Phi) is 11.9. The zero-order valence-corrected chi connectivity index (χ0v) is 35.0. The highest BCUT2D eigenvalue weighted by molar-refractivity contribution is 6.39. The monoisotopic (exact) mass is 861 g/mol. The number of carbonyl (C=O) groups is 3. The first-order chi connectivity index (χ1) is 28.4. The van der Waals surface area contributed by atoms with Crippen molar-refractivity contribution in [1.29, 1.82) is 0 Å². The Balaban J connectivity index is 1.14. The van der Waals surface area contributed by atoms with Crippen LogP contribution in [-0.2, 0) is 27.4 Å². The number of carbonyl (C=O) groups excluding carboxylic acids is 3. The summed E-state index contributed by atoms with van der Waals surface area (Å²) in [5.74, 6) is -4.57. The first kappa shape index (κ1) is 42.5. The summed E-state index contributed by atoms with van der Waals surface area (Å²) in [5, 5.41) is 5.97. The Labute approximate surface area is 354 Å². The third-order valence-corrected chi connectivity index (χ3v) is 11.2. The topological polar surface area (TPSA) is 147 Å². The van der Waals surface area contributed by atoms with E-state index < -0.39 is 36.1 Å². The minimum Gasteiger partial charge on any atom is -0.481 e. The molecule has 2 atom stereocenters. The van der Waals surface area contributed by atoms with Crippen molar-refractivity contribution in [3.05, 3.63) is 105 Å². The summed E-state index contributed by atoms with van der Waals surface area (Å²) in [6, 6.07) is 17.9. The molecule has 0 spiro atoms. The number of hydrogen-bond donors (Lipinski definition) is 2. The molecule has 2 aliphatic rings. The van der Waals surface area contributed by atoms with E-state index in [0.717, 1.165) is 0 Å². The molecule has 60 heavy (non-hydrogen) atoms. The number of halogens is 4. The van der Waals surface area contributed by atoms with Crippen molar-refractivity contribution in [2.45, 2.75) is 76.9 Å². The Bertz CT molecular complexity index is 2560. The Morgan fingerprint density at radius 3 is 2.27 bits per heavy atom. The molecule has 314 valence electrons. The van der Waals surface area contributed by atoms with Crippen LogP contribution in [0.2, 0.25) is 10.0 Å². The first-order valence-corrected chi connectivity index (χ1v) is 20.0. The summed E-state index contributed by atoms with van der Waals surface area (Å²) in [5.41, 5.74) is 3.87.